The van der Waals surface area contributed by atoms with Crippen molar-refractivity contribution in [3.05, 3.63) is 59.7 Å². The van der Waals surface area contributed by atoms with Crippen LogP contribution in [-0.4, -0.2) is 44.7 Å². The Morgan fingerprint density at radius 3 is 2.09 bits per heavy atom. The number of carbonyl (C=O) groups excluding carboxylic acids is 1. The molecule has 0 saturated carbocycles. The summed E-state index contributed by atoms with van der Waals surface area (Å²) < 4.78 is 11.6. The summed E-state index contributed by atoms with van der Waals surface area (Å²) in [5.74, 6) is -1.14. The maximum atomic E-state index is 12.4. The molecule has 0 spiro atoms. The average molecular weight is 470 g/mol. The van der Waals surface area contributed by atoms with E-state index in [9.17, 15) is 14.7 Å². The van der Waals surface area contributed by atoms with Crippen LogP contribution in [0, 0.1) is 0 Å². The van der Waals surface area contributed by atoms with Gasteiger partial charge < -0.3 is 19.6 Å². The summed E-state index contributed by atoms with van der Waals surface area (Å²) in [6.45, 7) is 11.5. The van der Waals surface area contributed by atoms with Crippen LogP contribution >= 0.6 is 0 Å². The lowest BCUT2D eigenvalue weighted by Gasteiger charge is -2.36. The van der Waals surface area contributed by atoms with Crippen LogP contribution in [0.5, 0.6) is 0 Å². The first-order valence-electron chi connectivity index (χ1n) is 11.5. The Hall–Kier alpha value is -2.64. The maximum Gasteiger partial charge on any atom is 0.407 e. The van der Waals surface area contributed by atoms with E-state index in [0.29, 0.717) is 13.0 Å². The molecule has 0 saturated heterocycles. The Balaban J connectivity index is 1.53. The fraction of sp³-hybridized carbons (Fsp3) is 0.462. The highest BCUT2D eigenvalue weighted by molar-refractivity contribution is 6.74. The number of hydrogen-bond donors (Lipinski definition) is 2. The van der Waals surface area contributed by atoms with Gasteiger partial charge in [-0.25, -0.2) is 9.59 Å². The highest BCUT2D eigenvalue weighted by atomic mass is 28.4. The summed E-state index contributed by atoms with van der Waals surface area (Å²) in [6.07, 6.45) is 0.121. The van der Waals surface area contributed by atoms with Crippen molar-refractivity contribution < 1.29 is 23.9 Å². The monoisotopic (exact) mass is 469 g/mol. The van der Waals surface area contributed by atoms with Gasteiger partial charge in [0.2, 0.25) is 0 Å². The third-order valence-corrected chi connectivity index (χ3v) is 11.4. The van der Waals surface area contributed by atoms with Crippen LogP contribution in [0.15, 0.2) is 48.5 Å². The minimum Gasteiger partial charge on any atom is -0.480 e. The van der Waals surface area contributed by atoms with Crippen molar-refractivity contribution in [3.8, 4) is 11.1 Å². The van der Waals surface area contributed by atoms with Crippen LogP contribution in [0.1, 0.15) is 50.7 Å². The molecule has 0 fully saturated rings. The Morgan fingerprint density at radius 1 is 1.03 bits per heavy atom. The molecule has 7 heteroatoms. The highest BCUT2D eigenvalue weighted by Gasteiger charge is 2.37. The largest absolute Gasteiger partial charge is 0.480 e. The molecule has 2 aromatic carbocycles. The number of fused-ring (bicyclic) bond motifs is 3. The number of carboxylic acids is 1. The molecule has 6 nitrogen and oxygen atoms in total. The summed E-state index contributed by atoms with van der Waals surface area (Å²) in [4.78, 5) is 24.1. The number of carboxylic acid groups (broad SMARTS) is 1. The topological polar surface area (TPSA) is 84.9 Å². The zero-order chi connectivity index (χ0) is 24.2. The number of aliphatic carboxylic acids is 1. The number of rotatable bonds is 9. The normalized spacial score (nSPS) is 14.3. The van der Waals surface area contributed by atoms with Crippen molar-refractivity contribution in [2.75, 3.05) is 13.2 Å². The summed E-state index contributed by atoms with van der Waals surface area (Å²) in [5.41, 5.74) is 4.52. The second-order valence-electron chi connectivity index (χ2n) is 10.1. The summed E-state index contributed by atoms with van der Waals surface area (Å²) >= 11 is 0. The van der Waals surface area contributed by atoms with Crippen LogP contribution in [0.3, 0.4) is 0 Å². The van der Waals surface area contributed by atoms with Crippen LogP contribution in [0.2, 0.25) is 18.1 Å². The third-order valence-electron chi connectivity index (χ3n) is 6.84. The molecule has 1 aliphatic rings. The molecule has 178 valence electrons. The predicted molar refractivity (Wildman–Crippen MR) is 132 cm³/mol. The minimum absolute atomic E-state index is 0.0654. The van der Waals surface area contributed by atoms with Crippen LogP contribution in [0.4, 0.5) is 4.79 Å². The Morgan fingerprint density at radius 2 is 1.58 bits per heavy atom. The van der Waals surface area contributed by atoms with Gasteiger partial charge in [0, 0.05) is 12.5 Å². The number of carbonyl (C=O) groups is 2. The highest BCUT2D eigenvalue weighted by Crippen LogP contribution is 2.44. The Kier molecular flexibility index (Phi) is 7.64. The molecule has 33 heavy (non-hydrogen) atoms. The molecule has 0 aliphatic heterocycles. The summed E-state index contributed by atoms with van der Waals surface area (Å²) in [6, 6.07) is 15.2. The van der Waals surface area contributed by atoms with Crippen LogP contribution in [0.25, 0.3) is 11.1 Å². The molecule has 1 unspecified atom stereocenters. The van der Waals surface area contributed by atoms with Crippen LogP contribution < -0.4 is 5.32 Å². The second kappa shape index (κ2) is 10.1. The number of alkyl carbamates (subject to hydrolysis) is 1. The first-order chi connectivity index (χ1) is 15.5. The van der Waals surface area contributed by atoms with E-state index in [1.165, 1.54) is 0 Å². The van der Waals surface area contributed by atoms with Gasteiger partial charge in [-0.05, 0) is 53.2 Å². The van der Waals surface area contributed by atoms with E-state index in [1.807, 2.05) is 36.4 Å². The number of nitrogens with one attached hydrogen (secondary N) is 1. The van der Waals surface area contributed by atoms with Gasteiger partial charge in [-0.2, -0.15) is 0 Å². The van der Waals surface area contributed by atoms with E-state index in [0.717, 1.165) is 22.3 Å². The standard InChI is InChI=1S/C26H35NO5Si/c1-26(2,3)33(4,5)32-16-10-15-23(24(28)29)27-25(30)31-17-22-20-13-8-6-11-18(20)19-12-7-9-14-21(19)22/h6-9,11-14,22-23H,10,15-17H2,1-5H3,(H,27,30)(H,28,29). The lowest BCUT2D eigenvalue weighted by atomic mass is 9.98. The van der Waals surface area contributed by atoms with Crippen molar-refractivity contribution >= 4 is 20.4 Å². The molecular weight excluding hydrogens is 434 g/mol. The molecule has 1 aliphatic carbocycles. The van der Waals surface area contributed by atoms with Gasteiger partial charge in [-0.15, -0.1) is 0 Å². The fourth-order valence-corrected chi connectivity index (χ4v) is 4.96. The Bertz CT molecular complexity index is 953. The van der Waals surface area contributed by atoms with Crippen molar-refractivity contribution in [2.45, 2.75) is 63.7 Å². The molecule has 3 rings (SSSR count). The first kappa shape index (κ1) is 25.0. The van der Waals surface area contributed by atoms with E-state index in [2.05, 4.69) is 51.3 Å². The van der Waals surface area contributed by atoms with E-state index < -0.39 is 26.4 Å². The van der Waals surface area contributed by atoms with Crippen molar-refractivity contribution in [2.24, 2.45) is 0 Å². The molecule has 2 N–H and O–H groups in total. The summed E-state index contributed by atoms with van der Waals surface area (Å²) in [7, 11) is -1.88. The Labute approximate surface area is 197 Å². The number of hydrogen-bond acceptors (Lipinski definition) is 4. The molecule has 0 aromatic heterocycles. The number of ether oxygens (including phenoxy) is 1. The molecule has 1 amide bonds. The lowest BCUT2D eigenvalue weighted by Crippen LogP contribution is -2.43. The predicted octanol–water partition coefficient (Wildman–Crippen LogP) is 5.78. The quantitative estimate of drug-likeness (QED) is 0.359. The molecule has 1 atom stereocenters. The fourth-order valence-electron chi connectivity index (χ4n) is 3.87. The molecule has 0 bridgehead atoms. The van der Waals surface area contributed by atoms with E-state index >= 15 is 0 Å². The van der Waals surface area contributed by atoms with E-state index in [4.69, 9.17) is 9.16 Å². The van der Waals surface area contributed by atoms with Gasteiger partial charge in [0.1, 0.15) is 12.6 Å². The minimum atomic E-state index is -1.88. The van der Waals surface area contributed by atoms with E-state index in [-0.39, 0.29) is 24.0 Å². The van der Waals surface area contributed by atoms with Gasteiger partial charge in [-0.3, -0.25) is 0 Å². The first-order valence-corrected chi connectivity index (χ1v) is 14.4. The SMILES string of the molecule is CC(C)(C)[Si](C)(C)OCCCC(NC(=O)OCC1c2ccccc2-c2ccccc21)C(=O)O. The van der Waals surface area contributed by atoms with Crippen molar-refractivity contribution in [3.63, 3.8) is 0 Å². The van der Waals surface area contributed by atoms with Gasteiger partial charge in [-0.1, -0.05) is 69.3 Å². The molecule has 2 aromatic rings. The smallest absolute Gasteiger partial charge is 0.407 e. The van der Waals surface area contributed by atoms with Gasteiger partial charge in [0.25, 0.3) is 0 Å². The lowest BCUT2D eigenvalue weighted by molar-refractivity contribution is -0.139. The van der Waals surface area contributed by atoms with Crippen LogP contribution in [-0.2, 0) is 14.0 Å². The molecular formula is C26H35NO5Si. The maximum absolute atomic E-state index is 12.4. The zero-order valence-electron chi connectivity index (χ0n) is 20.2. The average Bonchev–Trinajstić information content (AvgIpc) is 3.07. The molecule has 0 radical (unpaired) electrons. The van der Waals surface area contributed by atoms with Gasteiger partial charge >= 0.3 is 12.1 Å². The number of amides is 1. The third kappa shape index (κ3) is 5.84. The van der Waals surface area contributed by atoms with Gasteiger partial charge in [0.05, 0.1) is 0 Å². The van der Waals surface area contributed by atoms with E-state index in [1.54, 1.807) is 0 Å². The zero-order valence-corrected chi connectivity index (χ0v) is 21.2. The van der Waals surface area contributed by atoms with Crippen molar-refractivity contribution in [1.82, 2.24) is 5.32 Å². The van der Waals surface area contributed by atoms with Gasteiger partial charge in [0.15, 0.2) is 8.32 Å². The summed E-state index contributed by atoms with van der Waals surface area (Å²) in [5, 5.41) is 12.2. The van der Waals surface area contributed by atoms with Crippen molar-refractivity contribution in [1.29, 1.82) is 0 Å². The second-order valence-corrected chi connectivity index (χ2v) is 14.9. The number of benzene rings is 2. The molecule has 0 heterocycles.